The van der Waals surface area contributed by atoms with Crippen molar-refractivity contribution >= 4 is 5.69 Å². The van der Waals surface area contributed by atoms with Gasteiger partial charge in [0.15, 0.2) is 6.39 Å². The first kappa shape index (κ1) is 10.4. The molecule has 0 unspecified atom stereocenters. The van der Waals surface area contributed by atoms with Crippen molar-refractivity contribution in [2.75, 3.05) is 19.3 Å². The van der Waals surface area contributed by atoms with Crippen LogP contribution < -0.4 is 5.73 Å². The smallest absolute Gasteiger partial charge is 0.180 e. The van der Waals surface area contributed by atoms with Crippen molar-refractivity contribution in [2.24, 2.45) is 0 Å². The summed E-state index contributed by atoms with van der Waals surface area (Å²) in [7, 11) is 2.12. The van der Waals surface area contributed by atoms with Crippen LogP contribution in [0.2, 0.25) is 0 Å². The molecular weight excluding hydrogens is 216 g/mol. The van der Waals surface area contributed by atoms with Crippen LogP contribution in [0.5, 0.6) is 0 Å². The first-order valence-corrected chi connectivity index (χ1v) is 5.76. The molecule has 1 aliphatic heterocycles. The predicted octanol–water partition coefficient (Wildman–Crippen LogP) is 1.09. The highest BCUT2D eigenvalue weighted by atomic mass is 16.3. The minimum Gasteiger partial charge on any atom is -0.448 e. The molecule has 0 aliphatic carbocycles. The van der Waals surface area contributed by atoms with Crippen molar-refractivity contribution in [3.8, 4) is 0 Å². The van der Waals surface area contributed by atoms with E-state index < -0.39 is 0 Å². The Morgan fingerprint density at radius 2 is 2.35 bits per heavy atom. The summed E-state index contributed by atoms with van der Waals surface area (Å²) in [5, 5.41) is 0. The van der Waals surface area contributed by atoms with Gasteiger partial charge in [-0.3, -0.25) is 4.90 Å². The SMILES string of the molecule is CN1CCn2c(Cc3cnco3)cc(N)c2C1. The zero-order valence-electron chi connectivity index (χ0n) is 9.89. The first-order chi connectivity index (χ1) is 8.24. The van der Waals surface area contributed by atoms with Crippen LogP contribution in [0.3, 0.4) is 0 Å². The topological polar surface area (TPSA) is 60.2 Å². The Morgan fingerprint density at radius 1 is 1.47 bits per heavy atom. The van der Waals surface area contributed by atoms with Crippen molar-refractivity contribution in [1.82, 2.24) is 14.5 Å². The lowest BCUT2D eigenvalue weighted by atomic mass is 10.2. The van der Waals surface area contributed by atoms with E-state index >= 15 is 0 Å². The molecule has 17 heavy (non-hydrogen) atoms. The second kappa shape index (κ2) is 3.92. The molecule has 0 saturated carbocycles. The Kier molecular flexibility index (Phi) is 2.40. The van der Waals surface area contributed by atoms with Crippen LogP contribution in [0, 0.1) is 0 Å². The van der Waals surface area contributed by atoms with Crippen molar-refractivity contribution in [3.63, 3.8) is 0 Å². The summed E-state index contributed by atoms with van der Waals surface area (Å²) in [5.74, 6) is 0.879. The second-order valence-electron chi connectivity index (χ2n) is 4.57. The normalized spacial score (nSPS) is 16.1. The molecule has 0 aromatic carbocycles. The number of anilines is 1. The van der Waals surface area contributed by atoms with Gasteiger partial charge < -0.3 is 14.7 Å². The van der Waals surface area contributed by atoms with E-state index in [9.17, 15) is 0 Å². The van der Waals surface area contributed by atoms with E-state index in [2.05, 4.69) is 27.6 Å². The number of nitrogen functional groups attached to an aromatic ring is 1. The van der Waals surface area contributed by atoms with E-state index in [1.165, 1.54) is 17.8 Å². The number of rotatable bonds is 2. The molecule has 5 nitrogen and oxygen atoms in total. The van der Waals surface area contributed by atoms with Crippen LogP contribution in [0.25, 0.3) is 0 Å². The fourth-order valence-corrected chi connectivity index (χ4v) is 2.38. The number of likely N-dealkylation sites (N-methyl/N-ethyl adjacent to an activating group) is 1. The highest BCUT2D eigenvalue weighted by Gasteiger charge is 2.19. The number of nitrogens with two attached hydrogens (primary N) is 1. The quantitative estimate of drug-likeness (QED) is 0.842. The number of oxazole rings is 1. The monoisotopic (exact) mass is 232 g/mol. The maximum Gasteiger partial charge on any atom is 0.180 e. The highest BCUT2D eigenvalue weighted by Crippen LogP contribution is 2.24. The van der Waals surface area contributed by atoms with Gasteiger partial charge in [-0.25, -0.2) is 4.98 Å². The lowest BCUT2D eigenvalue weighted by molar-refractivity contribution is 0.268. The molecule has 2 N–H and O–H groups in total. The van der Waals surface area contributed by atoms with Crippen LogP contribution >= 0.6 is 0 Å². The van der Waals surface area contributed by atoms with E-state index in [-0.39, 0.29) is 0 Å². The summed E-state index contributed by atoms with van der Waals surface area (Å²) < 4.78 is 7.59. The van der Waals surface area contributed by atoms with Gasteiger partial charge in [0.05, 0.1) is 17.6 Å². The third kappa shape index (κ3) is 1.82. The fraction of sp³-hybridized carbons (Fsp3) is 0.417. The molecule has 90 valence electrons. The minimum absolute atomic E-state index is 0.758. The Balaban J connectivity index is 1.93. The number of hydrogen-bond acceptors (Lipinski definition) is 4. The molecule has 2 aromatic rings. The van der Waals surface area contributed by atoms with Crippen LogP contribution in [0.4, 0.5) is 5.69 Å². The Hall–Kier alpha value is -1.75. The Labute approximate surface area is 99.8 Å². The summed E-state index contributed by atoms with van der Waals surface area (Å²) in [6, 6.07) is 2.05. The molecule has 0 bridgehead atoms. The van der Waals surface area contributed by atoms with Gasteiger partial charge in [0.2, 0.25) is 0 Å². The summed E-state index contributed by atoms with van der Waals surface area (Å²) in [6.07, 6.45) is 3.98. The zero-order chi connectivity index (χ0) is 11.8. The molecule has 0 saturated heterocycles. The van der Waals surface area contributed by atoms with Crippen LogP contribution in [0.15, 0.2) is 23.1 Å². The third-order valence-corrected chi connectivity index (χ3v) is 3.29. The second-order valence-corrected chi connectivity index (χ2v) is 4.57. The number of hydrogen-bond donors (Lipinski definition) is 1. The van der Waals surface area contributed by atoms with Crippen molar-refractivity contribution in [2.45, 2.75) is 19.5 Å². The molecule has 0 spiro atoms. The van der Waals surface area contributed by atoms with Gasteiger partial charge >= 0.3 is 0 Å². The average Bonchev–Trinajstić information content (AvgIpc) is 2.89. The Bertz CT molecular complexity index is 515. The van der Waals surface area contributed by atoms with Crippen LogP contribution in [-0.4, -0.2) is 28.0 Å². The molecule has 2 aromatic heterocycles. The van der Waals surface area contributed by atoms with Gasteiger partial charge in [-0.05, 0) is 13.1 Å². The van der Waals surface area contributed by atoms with Crippen molar-refractivity contribution in [1.29, 1.82) is 0 Å². The molecule has 5 heteroatoms. The van der Waals surface area contributed by atoms with Crippen molar-refractivity contribution in [3.05, 3.63) is 35.8 Å². The van der Waals surface area contributed by atoms with Gasteiger partial charge in [0.25, 0.3) is 0 Å². The molecule has 0 amide bonds. The average molecular weight is 232 g/mol. The van der Waals surface area contributed by atoms with E-state index in [0.717, 1.165) is 37.5 Å². The lowest BCUT2D eigenvalue weighted by Crippen LogP contribution is -2.31. The molecule has 3 rings (SSSR count). The zero-order valence-corrected chi connectivity index (χ0v) is 9.89. The molecule has 1 aliphatic rings. The maximum absolute atomic E-state index is 6.06. The maximum atomic E-state index is 6.06. The van der Waals surface area contributed by atoms with E-state index in [4.69, 9.17) is 10.2 Å². The van der Waals surface area contributed by atoms with Gasteiger partial charge in [0, 0.05) is 31.7 Å². The van der Waals surface area contributed by atoms with Gasteiger partial charge in [0.1, 0.15) is 5.76 Å². The van der Waals surface area contributed by atoms with Gasteiger partial charge in [-0.1, -0.05) is 0 Å². The van der Waals surface area contributed by atoms with Crippen LogP contribution in [-0.2, 0) is 19.5 Å². The molecular formula is C12H16N4O. The third-order valence-electron chi connectivity index (χ3n) is 3.29. The summed E-state index contributed by atoms with van der Waals surface area (Å²) in [6.45, 7) is 2.97. The van der Waals surface area contributed by atoms with Crippen molar-refractivity contribution < 1.29 is 4.42 Å². The first-order valence-electron chi connectivity index (χ1n) is 5.76. The minimum atomic E-state index is 0.758. The van der Waals surface area contributed by atoms with E-state index in [1.807, 2.05) is 0 Å². The number of nitrogens with zero attached hydrogens (tertiary/aromatic N) is 3. The fourth-order valence-electron chi connectivity index (χ4n) is 2.38. The molecule has 3 heterocycles. The lowest BCUT2D eigenvalue weighted by Gasteiger charge is -2.26. The predicted molar refractivity (Wildman–Crippen MR) is 64.5 cm³/mol. The largest absolute Gasteiger partial charge is 0.448 e. The van der Waals surface area contributed by atoms with Crippen LogP contribution in [0.1, 0.15) is 17.1 Å². The summed E-state index contributed by atoms with van der Waals surface area (Å²) >= 11 is 0. The molecule has 0 atom stereocenters. The highest BCUT2D eigenvalue weighted by molar-refractivity contribution is 5.48. The standard InChI is InChI=1S/C12H16N4O/c1-15-2-3-16-9(4-10-6-14-8-17-10)5-11(13)12(16)7-15/h5-6,8H,2-4,7,13H2,1H3. The molecule has 0 fully saturated rings. The summed E-state index contributed by atoms with van der Waals surface area (Å²) in [4.78, 5) is 6.22. The Morgan fingerprint density at radius 3 is 3.12 bits per heavy atom. The van der Waals surface area contributed by atoms with Gasteiger partial charge in [-0.15, -0.1) is 0 Å². The number of aromatic nitrogens is 2. The summed E-state index contributed by atoms with van der Waals surface area (Å²) in [5.41, 5.74) is 9.37. The van der Waals surface area contributed by atoms with Gasteiger partial charge in [-0.2, -0.15) is 0 Å². The van der Waals surface area contributed by atoms with E-state index in [0.29, 0.717) is 0 Å². The number of fused-ring (bicyclic) bond motifs is 1. The van der Waals surface area contributed by atoms with E-state index in [1.54, 1.807) is 6.20 Å². The molecule has 0 radical (unpaired) electrons.